The molecule has 27 heavy (non-hydrogen) atoms. The van der Waals surface area contributed by atoms with Gasteiger partial charge in [-0.1, -0.05) is 0 Å². The van der Waals surface area contributed by atoms with Crippen molar-refractivity contribution in [2.75, 3.05) is 11.9 Å². The Labute approximate surface area is 153 Å². The first-order valence-corrected chi connectivity index (χ1v) is 8.09. The van der Waals surface area contributed by atoms with Crippen LogP contribution in [0.25, 0.3) is 10.9 Å². The summed E-state index contributed by atoms with van der Waals surface area (Å²) >= 11 is 0. The van der Waals surface area contributed by atoms with Crippen molar-refractivity contribution in [1.82, 2.24) is 4.98 Å². The van der Waals surface area contributed by atoms with Crippen molar-refractivity contribution in [3.05, 3.63) is 60.0 Å². The lowest BCUT2D eigenvalue weighted by Crippen LogP contribution is -2.45. The third-order valence-electron chi connectivity index (χ3n) is 3.97. The number of carbonyl (C=O) groups is 2. The second kappa shape index (κ2) is 7.08. The van der Waals surface area contributed by atoms with Crippen molar-refractivity contribution in [1.29, 1.82) is 0 Å². The fraction of sp³-hybridized carbons (Fsp3) is 0.158. The van der Waals surface area contributed by atoms with Gasteiger partial charge in [0.2, 0.25) is 0 Å². The number of halogens is 1. The van der Waals surface area contributed by atoms with Crippen LogP contribution in [0.4, 0.5) is 10.1 Å². The molecule has 0 aliphatic rings. The second-order valence-electron chi connectivity index (χ2n) is 6.32. The van der Waals surface area contributed by atoms with Crippen molar-refractivity contribution in [3.63, 3.8) is 0 Å². The molecular formula is C19H18FN3O4. The number of nitrogens with one attached hydrogen (secondary N) is 2. The zero-order chi connectivity index (χ0) is 19.6. The zero-order valence-corrected chi connectivity index (χ0v) is 14.5. The number of amides is 2. The number of rotatable bonds is 6. The molecule has 2 amide bonds. The van der Waals surface area contributed by atoms with Gasteiger partial charge >= 0.3 is 0 Å². The van der Waals surface area contributed by atoms with Crippen molar-refractivity contribution in [2.45, 2.75) is 12.5 Å². The van der Waals surface area contributed by atoms with Crippen LogP contribution in [0.5, 0.6) is 5.75 Å². The Morgan fingerprint density at radius 3 is 2.59 bits per heavy atom. The van der Waals surface area contributed by atoms with Crippen LogP contribution in [0.15, 0.2) is 48.5 Å². The lowest BCUT2D eigenvalue weighted by Gasteiger charge is -2.22. The highest BCUT2D eigenvalue weighted by Gasteiger charge is 2.31. The van der Waals surface area contributed by atoms with Gasteiger partial charge in [-0.25, -0.2) is 4.39 Å². The first-order valence-electron chi connectivity index (χ1n) is 8.09. The fourth-order valence-electron chi connectivity index (χ4n) is 2.43. The Bertz CT molecular complexity index is 996. The molecule has 1 heterocycles. The first kappa shape index (κ1) is 18.4. The maximum absolute atomic E-state index is 12.9. The number of H-pyrrole nitrogens is 1. The van der Waals surface area contributed by atoms with E-state index in [0.29, 0.717) is 22.3 Å². The van der Waals surface area contributed by atoms with E-state index >= 15 is 0 Å². The molecule has 2 aromatic carbocycles. The van der Waals surface area contributed by atoms with Crippen LogP contribution < -0.4 is 15.8 Å². The molecule has 0 aliphatic heterocycles. The zero-order valence-electron chi connectivity index (χ0n) is 14.5. The van der Waals surface area contributed by atoms with Crippen LogP contribution in [-0.4, -0.2) is 34.1 Å². The van der Waals surface area contributed by atoms with Crippen molar-refractivity contribution in [2.24, 2.45) is 5.73 Å². The van der Waals surface area contributed by atoms with Gasteiger partial charge in [0.05, 0.1) is 0 Å². The predicted molar refractivity (Wildman–Crippen MR) is 98.0 cm³/mol. The summed E-state index contributed by atoms with van der Waals surface area (Å²) in [4.78, 5) is 26.5. The summed E-state index contributed by atoms with van der Waals surface area (Å²) in [7, 11) is 0. The Kier molecular flexibility index (Phi) is 4.83. The Balaban J connectivity index is 1.68. The quantitative estimate of drug-likeness (QED) is 0.531. The van der Waals surface area contributed by atoms with E-state index in [2.05, 4.69) is 10.3 Å². The van der Waals surface area contributed by atoms with Gasteiger partial charge in [-0.2, -0.15) is 0 Å². The lowest BCUT2D eigenvalue weighted by atomic mass is 10.1. The predicted octanol–water partition coefficient (Wildman–Crippen LogP) is 2.17. The minimum atomic E-state index is -1.82. The topological polar surface area (TPSA) is 117 Å². The molecule has 0 radical (unpaired) electrons. The molecule has 1 atom stereocenters. The molecule has 0 saturated heterocycles. The average Bonchev–Trinajstić information content (AvgIpc) is 3.05. The summed E-state index contributed by atoms with van der Waals surface area (Å²) in [6.07, 6.45) is 0. The normalized spacial score (nSPS) is 13.1. The monoisotopic (exact) mass is 371 g/mol. The molecule has 0 spiro atoms. The van der Waals surface area contributed by atoms with E-state index in [1.807, 2.05) is 0 Å². The van der Waals surface area contributed by atoms with Crippen molar-refractivity contribution < 1.29 is 23.8 Å². The van der Waals surface area contributed by atoms with Crippen molar-refractivity contribution in [3.8, 4) is 5.75 Å². The SMILES string of the molecule is C[C@](O)(COc1ccc(F)cc1)C(=O)Nc1ccc2[nH]c(C(N)=O)cc2c1. The molecule has 0 aliphatic carbocycles. The molecular weight excluding hydrogens is 353 g/mol. The second-order valence-corrected chi connectivity index (χ2v) is 6.32. The summed E-state index contributed by atoms with van der Waals surface area (Å²) in [5.41, 5.74) is 4.80. The maximum Gasteiger partial charge on any atom is 0.265 e. The van der Waals surface area contributed by atoms with Gasteiger partial charge in [0, 0.05) is 16.6 Å². The smallest absolute Gasteiger partial charge is 0.265 e. The van der Waals surface area contributed by atoms with E-state index < -0.39 is 23.2 Å². The number of primary amides is 1. The molecule has 7 nitrogen and oxygen atoms in total. The van der Waals surface area contributed by atoms with Gasteiger partial charge in [0.1, 0.15) is 23.9 Å². The Hall–Kier alpha value is -3.39. The van der Waals surface area contributed by atoms with E-state index in [-0.39, 0.29) is 12.3 Å². The van der Waals surface area contributed by atoms with Crippen LogP contribution in [0, 0.1) is 5.82 Å². The Morgan fingerprint density at radius 2 is 1.93 bits per heavy atom. The van der Waals surface area contributed by atoms with Gasteiger partial charge < -0.3 is 25.9 Å². The van der Waals surface area contributed by atoms with Crippen LogP contribution in [0.2, 0.25) is 0 Å². The summed E-state index contributed by atoms with van der Waals surface area (Å²) in [6.45, 7) is 0.995. The minimum Gasteiger partial charge on any atom is -0.490 e. The van der Waals surface area contributed by atoms with Crippen LogP contribution >= 0.6 is 0 Å². The largest absolute Gasteiger partial charge is 0.490 e. The lowest BCUT2D eigenvalue weighted by molar-refractivity contribution is -0.135. The van der Waals surface area contributed by atoms with Crippen molar-refractivity contribution >= 4 is 28.4 Å². The maximum atomic E-state index is 12.9. The minimum absolute atomic E-state index is 0.258. The van der Waals surface area contributed by atoms with Gasteiger partial charge in [-0.05, 0) is 55.5 Å². The number of ether oxygens (including phenoxy) is 1. The average molecular weight is 371 g/mol. The number of anilines is 1. The highest BCUT2D eigenvalue weighted by atomic mass is 19.1. The number of carbonyl (C=O) groups excluding carboxylic acids is 2. The van der Waals surface area contributed by atoms with E-state index in [0.717, 1.165) is 0 Å². The summed E-state index contributed by atoms with van der Waals surface area (Å²) in [5, 5.41) is 13.7. The molecule has 3 rings (SSSR count). The van der Waals surface area contributed by atoms with Crippen LogP contribution in [0.1, 0.15) is 17.4 Å². The molecule has 0 fully saturated rings. The third kappa shape index (κ3) is 4.24. The highest BCUT2D eigenvalue weighted by Crippen LogP contribution is 2.21. The molecule has 140 valence electrons. The Morgan fingerprint density at radius 1 is 1.22 bits per heavy atom. The fourth-order valence-corrected chi connectivity index (χ4v) is 2.43. The molecule has 3 aromatic rings. The highest BCUT2D eigenvalue weighted by molar-refractivity contribution is 6.01. The number of aromatic nitrogens is 1. The standard InChI is InChI=1S/C19H18FN3O4/c1-19(26,10-27-14-5-2-12(20)3-6-14)18(25)22-13-4-7-15-11(8-13)9-16(23-15)17(21)24/h2-9,23,26H,10H2,1H3,(H2,21,24)(H,22,25)/t19-/m0/s1. The number of hydrogen-bond donors (Lipinski definition) is 4. The summed E-state index contributed by atoms with van der Waals surface area (Å²) < 4.78 is 18.2. The van der Waals surface area contributed by atoms with Gasteiger partial charge in [0.15, 0.2) is 5.60 Å². The molecule has 0 bridgehead atoms. The molecule has 0 unspecified atom stereocenters. The molecule has 1 aromatic heterocycles. The summed E-state index contributed by atoms with van der Waals surface area (Å²) in [5.74, 6) is -1.34. The number of nitrogens with two attached hydrogens (primary N) is 1. The number of aliphatic hydroxyl groups is 1. The number of hydrogen-bond acceptors (Lipinski definition) is 4. The van der Waals surface area contributed by atoms with E-state index in [4.69, 9.17) is 10.5 Å². The van der Waals surface area contributed by atoms with Gasteiger partial charge in [-0.15, -0.1) is 0 Å². The third-order valence-corrected chi connectivity index (χ3v) is 3.97. The number of aromatic amines is 1. The van der Waals surface area contributed by atoms with Crippen LogP contribution in [-0.2, 0) is 4.79 Å². The molecule has 0 saturated carbocycles. The van der Waals surface area contributed by atoms with E-state index in [1.54, 1.807) is 24.3 Å². The van der Waals surface area contributed by atoms with Crippen LogP contribution in [0.3, 0.4) is 0 Å². The molecule has 8 heteroatoms. The van der Waals surface area contributed by atoms with Gasteiger partial charge in [-0.3, -0.25) is 9.59 Å². The number of benzene rings is 2. The van der Waals surface area contributed by atoms with E-state index in [1.165, 1.54) is 31.2 Å². The molecule has 5 N–H and O–H groups in total. The van der Waals surface area contributed by atoms with Gasteiger partial charge in [0.25, 0.3) is 11.8 Å². The van der Waals surface area contributed by atoms with E-state index in [9.17, 15) is 19.1 Å². The first-order chi connectivity index (χ1) is 12.7. The number of fused-ring (bicyclic) bond motifs is 1. The summed E-state index contributed by atoms with van der Waals surface area (Å²) in [6, 6.07) is 11.8.